The number of esters is 1. The lowest BCUT2D eigenvalue weighted by molar-refractivity contribution is -0.144. The zero-order chi connectivity index (χ0) is 19.6. The Labute approximate surface area is 168 Å². The second-order valence-electron chi connectivity index (χ2n) is 6.22. The summed E-state index contributed by atoms with van der Waals surface area (Å²) in [4.78, 5) is 24.1. The van der Waals surface area contributed by atoms with Crippen molar-refractivity contribution in [1.29, 1.82) is 0 Å². The molecular weight excluding hydrogens is 370 g/mol. The molecule has 142 valence electrons. The molecule has 0 saturated heterocycles. The topological polar surface area (TPSA) is 55.4 Å². The van der Waals surface area contributed by atoms with Crippen molar-refractivity contribution in [3.63, 3.8) is 0 Å². The molecule has 1 atom stereocenters. The van der Waals surface area contributed by atoms with Gasteiger partial charge in [-0.2, -0.15) is 11.3 Å². The second-order valence-corrected chi connectivity index (χ2v) is 7.00. The predicted molar refractivity (Wildman–Crippen MR) is 112 cm³/mol. The molecular formula is C23H21NO3S. The van der Waals surface area contributed by atoms with Gasteiger partial charge in [0, 0.05) is 6.08 Å². The number of nitrogens with one attached hydrogen (secondary N) is 1. The maximum Gasteiger partial charge on any atom is 0.331 e. The van der Waals surface area contributed by atoms with Crippen molar-refractivity contribution in [2.24, 2.45) is 0 Å². The highest BCUT2D eigenvalue weighted by molar-refractivity contribution is 7.08. The Bertz CT molecular complexity index is 906. The molecule has 0 aliphatic rings. The van der Waals surface area contributed by atoms with Crippen molar-refractivity contribution >= 4 is 29.3 Å². The van der Waals surface area contributed by atoms with Crippen molar-refractivity contribution in [3.05, 3.63) is 100 Å². The summed E-state index contributed by atoms with van der Waals surface area (Å²) in [6, 6.07) is 21.4. The van der Waals surface area contributed by atoms with Gasteiger partial charge in [-0.1, -0.05) is 60.7 Å². The summed E-state index contributed by atoms with van der Waals surface area (Å²) in [7, 11) is 0. The maximum absolute atomic E-state index is 12.3. The molecule has 0 aliphatic carbocycles. The lowest BCUT2D eigenvalue weighted by Crippen LogP contribution is -2.33. The largest absolute Gasteiger partial charge is 0.452 e. The number of rotatable bonds is 8. The third-order valence-electron chi connectivity index (χ3n) is 4.12. The molecule has 0 saturated carbocycles. The van der Waals surface area contributed by atoms with Crippen LogP contribution < -0.4 is 5.32 Å². The monoisotopic (exact) mass is 391 g/mol. The van der Waals surface area contributed by atoms with E-state index >= 15 is 0 Å². The molecule has 5 heteroatoms. The number of amides is 1. The fraction of sp³-hybridized carbons (Fsp3) is 0.130. The summed E-state index contributed by atoms with van der Waals surface area (Å²) in [5, 5.41) is 6.81. The number of carbonyl (C=O) groups is 2. The van der Waals surface area contributed by atoms with Gasteiger partial charge in [-0.15, -0.1) is 0 Å². The molecule has 0 bridgehead atoms. The number of ether oxygens (including phenoxy) is 1. The van der Waals surface area contributed by atoms with Gasteiger partial charge >= 0.3 is 5.97 Å². The van der Waals surface area contributed by atoms with Crippen molar-refractivity contribution < 1.29 is 14.3 Å². The van der Waals surface area contributed by atoms with Crippen LogP contribution in [0.5, 0.6) is 0 Å². The van der Waals surface area contributed by atoms with Gasteiger partial charge in [0.05, 0.1) is 6.04 Å². The van der Waals surface area contributed by atoms with E-state index in [0.717, 1.165) is 16.7 Å². The quantitative estimate of drug-likeness (QED) is 0.457. The summed E-state index contributed by atoms with van der Waals surface area (Å²) in [5.74, 6) is -0.872. The first-order valence-corrected chi connectivity index (χ1v) is 9.90. The zero-order valence-electron chi connectivity index (χ0n) is 15.3. The minimum absolute atomic E-state index is 0.198. The van der Waals surface area contributed by atoms with Crippen LogP contribution in [0.1, 0.15) is 22.7 Å². The Morgan fingerprint density at radius 2 is 1.71 bits per heavy atom. The Balaban J connectivity index is 1.57. The van der Waals surface area contributed by atoms with E-state index in [2.05, 4.69) is 5.32 Å². The third-order valence-corrected chi connectivity index (χ3v) is 4.82. The van der Waals surface area contributed by atoms with Gasteiger partial charge in [-0.25, -0.2) is 4.79 Å². The first kappa shape index (κ1) is 19.6. The molecule has 2 aromatic carbocycles. The number of hydrogen-bond donors (Lipinski definition) is 1. The van der Waals surface area contributed by atoms with E-state index in [0.29, 0.717) is 6.42 Å². The highest BCUT2D eigenvalue weighted by atomic mass is 32.1. The Hall–Kier alpha value is -3.18. The van der Waals surface area contributed by atoms with Crippen LogP contribution in [0.25, 0.3) is 6.08 Å². The first-order valence-electron chi connectivity index (χ1n) is 8.96. The van der Waals surface area contributed by atoms with Crippen molar-refractivity contribution in [2.75, 3.05) is 6.61 Å². The van der Waals surface area contributed by atoms with Crippen LogP contribution in [0.4, 0.5) is 0 Å². The molecule has 3 aromatic rings. The van der Waals surface area contributed by atoms with Crippen LogP contribution in [0.2, 0.25) is 0 Å². The van der Waals surface area contributed by atoms with Crippen molar-refractivity contribution in [2.45, 2.75) is 12.5 Å². The standard InChI is InChI=1S/C23H21NO3S/c25-22(16-27-23(26)12-11-19-13-14-28-17-19)24-21(20-9-5-2-6-10-20)15-18-7-3-1-4-8-18/h1-14,17,21H,15-16H2,(H,24,25)/b12-11+/t21-/m0/s1. The van der Waals surface area contributed by atoms with Crippen molar-refractivity contribution in [3.8, 4) is 0 Å². The third kappa shape index (κ3) is 6.21. The van der Waals surface area contributed by atoms with Gasteiger partial charge in [0.25, 0.3) is 5.91 Å². The normalized spacial score (nSPS) is 11.9. The van der Waals surface area contributed by atoms with Crippen LogP contribution in [0, 0.1) is 0 Å². The van der Waals surface area contributed by atoms with Crippen LogP contribution in [0.3, 0.4) is 0 Å². The van der Waals surface area contributed by atoms with Gasteiger partial charge in [0.2, 0.25) is 0 Å². The summed E-state index contributed by atoms with van der Waals surface area (Å²) < 4.78 is 5.05. The Morgan fingerprint density at radius 1 is 1.00 bits per heavy atom. The molecule has 28 heavy (non-hydrogen) atoms. The summed E-state index contributed by atoms with van der Waals surface area (Å²) in [5.41, 5.74) is 3.05. The molecule has 0 radical (unpaired) electrons. The molecule has 0 aliphatic heterocycles. The number of hydrogen-bond acceptors (Lipinski definition) is 4. The van der Waals surface area contributed by atoms with E-state index in [-0.39, 0.29) is 18.6 Å². The van der Waals surface area contributed by atoms with E-state index in [1.807, 2.05) is 77.5 Å². The molecule has 3 rings (SSSR count). The smallest absolute Gasteiger partial charge is 0.331 e. The number of thiophene rings is 1. The maximum atomic E-state index is 12.3. The summed E-state index contributed by atoms with van der Waals surface area (Å²) in [6.45, 7) is -0.315. The Kier molecular flexibility index (Phi) is 7.15. The van der Waals surface area contributed by atoms with E-state index in [1.165, 1.54) is 6.08 Å². The number of benzene rings is 2. The molecule has 1 amide bonds. The fourth-order valence-electron chi connectivity index (χ4n) is 2.74. The molecule has 0 unspecified atom stereocenters. The van der Waals surface area contributed by atoms with Crippen molar-refractivity contribution in [1.82, 2.24) is 5.32 Å². The minimum atomic E-state index is -0.541. The summed E-state index contributed by atoms with van der Waals surface area (Å²) >= 11 is 1.55. The first-order chi connectivity index (χ1) is 13.7. The average Bonchev–Trinajstić information content (AvgIpc) is 3.25. The van der Waals surface area contributed by atoms with Gasteiger partial charge in [-0.05, 0) is 46.0 Å². The lowest BCUT2D eigenvalue weighted by Gasteiger charge is -2.19. The van der Waals surface area contributed by atoms with Gasteiger partial charge in [0.1, 0.15) is 0 Å². The van der Waals surface area contributed by atoms with E-state index in [4.69, 9.17) is 4.74 Å². The fourth-order valence-corrected chi connectivity index (χ4v) is 3.37. The molecule has 1 heterocycles. The van der Waals surface area contributed by atoms with Crippen LogP contribution >= 0.6 is 11.3 Å². The van der Waals surface area contributed by atoms with Gasteiger partial charge < -0.3 is 10.1 Å². The summed E-state index contributed by atoms with van der Waals surface area (Å²) in [6.07, 6.45) is 3.65. The van der Waals surface area contributed by atoms with E-state index < -0.39 is 5.97 Å². The van der Waals surface area contributed by atoms with E-state index in [1.54, 1.807) is 17.4 Å². The second kappa shape index (κ2) is 10.2. The molecule has 0 spiro atoms. The van der Waals surface area contributed by atoms with Gasteiger partial charge in [-0.3, -0.25) is 4.79 Å². The highest BCUT2D eigenvalue weighted by Crippen LogP contribution is 2.18. The molecule has 1 aromatic heterocycles. The SMILES string of the molecule is O=C(COC(=O)/C=C/c1ccsc1)N[C@@H](Cc1ccccc1)c1ccccc1. The molecule has 4 nitrogen and oxygen atoms in total. The minimum Gasteiger partial charge on any atom is -0.452 e. The molecule has 1 N–H and O–H groups in total. The Morgan fingerprint density at radius 3 is 2.39 bits per heavy atom. The lowest BCUT2D eigenvalue weighted by atomic mass is 9.99. The predicted octanol–water partition coefficient (Wildman–Crippen LogP) is 4.40. The average molecular weight is 391 g/mol. The van der Waals surface area contributed by atoms with E-state index in [9.17, 15) is 9.59 Å². The van der Waals surface area contributed by atoms with Crippen LogP contribution in [-0.2, 0) is 20.7 Å². The number of carbonyl (C=O) groups excluding carboxylic acids is 2. The zero-order valence-corrected chi connectivity index (χ0v) is 16.1. The highest BCUT2D eigenvalue weighted by Gasteiger charge is 2.16. The molecule has 0 fully saturated rings. The van der Waals surface area contributed by atoms with Gasteiger partial charge in [0.15, 0.2) is 6.61 Å². The van der Waals surface area contributed by atoms with Crippen LogP contribution in [-0.4, -0.2) is 18.5 Å². The van der Waals surface area contributed by atoms with Crippen LogP contribution in [0.15, 0.2) is 83.6 Å².